The van der Waals surface area contributed by atoms with Gasteiger partial charge in [-0.15, -0.1) is 5.10 Å². The summed E-state index contributed by atoms with van der Waals surface area (Å²) in [6.45, 7) is 0.879. The van der Waals surface area contributed by atoms with E-state index in [-0.39, 0.29) is 24.1 Å². The summed E-state index contributed by atoms with van der Waals surface area (Å²) in [7, 11) is 0. The molecule has 0 bridgehead atoms. The van der Waals surface area contributed by atoms with E-state index in [0.717, 1.165) is 31.4 Å². The van der Waals surface area contributed by atoms with Crippen LogP contribution in [-0.2, 0) is 16.0 Å². The molecule has 0 radical (unpaired) electrons. The summed E-state index contributed by atoms with van der Waals surface area (Å²) in [5.41, 5.74) is 0.776. The lowest BCUT2D eigenvalue weighted by molar-refractivity contribution is -0.129. The van der Waals surface area contributed by atoms with Crippen LogP contribution in [0.4, 0.5) is 10.1 Å². The van der Waals surface area contributed by atoms with Crippen LogP contribution in [0, 0.1) is 11.7 Å². The number of nitrogens with one attached hydrogen (secondary N) is 4. The average molecular weight is 417 g/mol. The third-order valence-electron chi connectivity index (χ3n) is 5.26. The summed E-state index contributed by atoms with van der Waals surface area (Å²) in [5, 5.41) is 22.0. The van der Waals surface area contributed by atoms with Crippen LogP contribution in [0.2, 0.25) is 0 Å². The van der Waals surface area contributed by atoms with Crippen LogP contribution in [0.1, 0.15) is 44.3 Å². The van der Waals surface area contributed by atoms with E-state index in [1.807, 2.05) is 0 Å². The van der Waals surface area contributed by atoms with Gasteiger partial charge in [0.1, 0.15) is 11.9 Å². The highest BCUT2D eigenvalue weighted by atomic mass is 19.1. The van der Waals surface area contributed by atoms with Gasteiger partial charge in [0.25, 0.3) is 0 Å². The maximum atomic E-state index is 13.0. The van der Waals surface area contributed by atoms with Crippen LogP contribution in [-0.4, -0.2) is 51.6 Å². The van der Waals surface area contributed by atoms with Gasteiger partial charge < -0.3 is 16.0 Å². The zero-order valence-corrected chi connectivity index (χ0v) is 16.9. The molecule has 1 aliphatic carbocycles. The minimum Gasteiger partial charge on any atom is -0.383 e. The molecule has 2 aromatic rings. The van der Waals surface area contributed by atoms with Gasteiger partial charge in [-0.1, -0.05) is 32.1 Å². The molecule has 3 rings (SSSR count). The fourth-order valence-corrected chi connectivity index (χ4v) is 3.72. The first-order chi connectivity index (χ1) is 14.6. The van der Waals surface area contributed by atoms with E-state index in [4.69, 9.17) is 0 Å². The van der Waals surface area contributed by atoms with Gasteiger partial charge in [-0.3, -0.25) is 9.59 Å². The number of hydrogen-bond donors (Lipinski definition) is 4. The number of carbonyl (C=O) groups excluding carboxylic acids is 2. The van der Waals surface area contributed by atoms with E-state index in [0.29, 0.717) is 31.3 Å². The van der Waals surface area contributed by atoms with Gasteiger partial charge >= 0.3 is 0 Å². The highest BCUT2D eigenvalue weighted by molar-refractivity contribution is 5.88. The predicted molar refractivity (Wildman–Crippen MR) is 109 cm³/mol. The van der Waals surface area contributed by atoms with Crippen LogP contribution in [0.5, 0.6) is 0 Å². The number of tetrazole rings is 1. The molecule has 9 nitrogen and oxygen atoms in total. The second kappa shape index (κ2) is 11.2. The number of anilines is 1. The Morgan fingerprint density at radius 2 is 1.90 bits per heavy atom. The number of halogens is 1. The monoisotopic (exact) mass is 417 g/mol. The number of benzene rings is 1. The first-order valence-corrected chi connectivity index (χ1v) is 10.4. The Balaban J connectivity index is 1.49. The molecule has 4 N–H and O–H groups in total. The minimum absolute atomic E-state index is 0.00638. The van der Waals surface area contributed by atoms with Gasteiger partial charge in [-0.2, -0.15) is 0 Å². The molecule has 2 amide bonds. The SMILES string of the molecule is O=C(Cc1nnn[nH]1)N[C@@H](CC1CCCCC1)C(=O)NCCNc1ccc(F)cc1. The molecule has 1 aromatic heterocycles. The average Bonchev–Trinajstić information content (AvgIpc) is 3.25. The van der Waals surface area contributed by atoms with Gasteiger partial charge in [-0.05, 0) is 47.0 Å². The number of carbonyl (C=O) groups is 2. The lowest BCUT2D eigenvalue weighted by Crippen LogP contribution is -2.49. The molecule has 30 heavy (non-hydrogen) atoms. The molecule has 10 heteroatoms. The molecule has 1 aromatic carbocycles. The van der Waals surface area contributed by atoms with Crippen molar-refractivity contribution in [1.29, 1.82) is 0 Å². The number of aromatic nitrogens is 4. The minimum atomic E-state index is -0.595. The first-order valence-electron chi connectivity index (χ1n) is 10.4. The highest BCUT2D eigenvalue weighted by Crippen LogP contribution is 2.27. The Hall–Kier alpha value is -3.04. The van der Waals surface area contributed by atoms with Crippen molar-refractivity contribution in [3.8, 4) is 0 Å². The van der Waals surface area contributed by atoms with Crippen molar-refractivity contribution in [1.82, 2.24) is 31.3 Å². The third-order valence-corrected chi connectivity index (χ3v) is 5.26. The Morgan fingerprint density at radius 3 is 2.60 bits per heavy atom. The van der Waals surface area contributed by atoms with Crippen LogP contribution in [0.25, 0.3) is 0 Å². The molecular weight excluding hydrogens is 389 g/mol. The van der Waals surface area contributed by atoms with Crippen LogP contribution in [0.15, 0.2) is 24.3 Å². The van der Waals surface area contributed by atoms with Gasteiger partial charge in [-0.25, -0.2) is 9.49 Å². The molecule has 0 unspecified atom stereocenters. The Bertz CT molecular complexity index is 792. The Morgan fingerprint density at radius 1 is 1.13 bits per heavy atom. The van der Waals surface area contributed by atoms with Gasteiger partial charge in [0.2, 0.25) is 11.8 Å². The van der Waals surface area contributed by atoms with Crippen molar-refractivity contribution in [2.24, 2.45) is 5.92 Å². The molecule has 1 atom stereocenters. The predicted octanol–water partition coefficient (Wildman–Crippen LogP) is 1.56. The number of nitrogens with zero attached hydrogens (tertiary/aromatic N) is 3. The second-order valence-corrected chi connectivity index (χ2v) is 7.61. The third kappa shape index (κ3) is 7.09. The summed E-state index contributed by atoms with van der Waals surface area (Å²) < 4.78 is 13.0. The van der Waals surface area contributed by atoms with E-state index in [9.17, 15) is 14.0 Å². The van der Waals surface area contributed by atoms with Gasteiger partial charge in [0, 0.05) is 18.8 Å². The zero-order chi connectivity index (χ0) is 21.2. The van der Waals surface area contributed by atoms with E-state index in [1.54, 1.807) is 12.1 Å². The Labute approximate surface area is 174 Å². The van der Waals surface area contributed by atoms with Crippen LogP contribution in [0.3, 0.4) is 0 Å². The van der Waals surface area contributed by atoms with Crippen LogP contribution < -0.4 is 16.0 Å². The summed E-state index contributed by atoms with van der Waals surface area (Å²) in [5.74, 6) is -0.0114. The molecule has 0 saturated heterocycles. The van der Waals surface area contributed by atoms with Crippen molar-refractivity contribution in [2.45, 2.75) is 51.0 Å². The fourth-order valence-electron chi connectivity index (χ4n) is 3.72. The molecule has 1 saturated carbocycles. The maximum absolute atomic E-state index is 13.0. The van der Waals surface area contributed by atoms with Gasteiger partial charge in [0.05, 0.1) is 6.42 Å². The number of H-pyrrole nitrogens is 1. The number of rotatable bonds is 10. The fraction of sp³-hybridized carbons (Fsp3) is 0.550. The normalized spacial score (nSPS) is 15.4. The molecule has 0 aliphatic heterocycles. The smallest absolute Gasteiger partial charge is 0.242 e. The van der Waals surface area contributed by atoms with E-state index >= 15 is 0 Å². The summed E-state index contributed by atoms with van der Waals surface area (Å²) >= 11 is 0. The van der Waals surface area contributed by atoms with Crippen LogP contribution >= 0.6 is 0 Å². The molecule has 162 valence electrons. The van der Waals surface area contributed by atoms with Crippen molar-refractivity contribution >= 4 is 17.5 Å². The maximum Gasteiger partial charge on any atom is 0.242 e. The van der Waals surface area contributed by atoms with Crippen molar-refractivity contribution in [2.75, 3.05) is 18.4 Å². The molecular formula is C20H28FN7O2. The number of amides is 2. The number of aromatic amines is 1. The second-order valence-electron chi connectivity index (χ2n) is 7.61. The number of hydrogen-bond acceptors (Lipinski definition) is 6. The lowest BCUT2D eigenvalue weighted by atomic mass is 9.84. The Kier molecular flexibility index (Phi) is 8.10. The van der Waals surface area contributed by atoms with E-state index < -0.39 is 6.04 Å². The quantitative estimate of drug-likeness (QED) is 0.435. The largest absolute Gasteiger partial charge is 0.383 e. The van der Waals surface area contributed by atoms with E-state index in [1.165, 1.54) is 18.6 Å². The van der Waals surface area contributed by atoms with Crippen molar-refractivity contribution < 1.29 is 14.0 Å². The summed E-state index contributed by atoms with van der Waals surface area (Å²) in [6.07, 6.45) is 6.34. The molecule has 1 aliphatic rings. The molecule has 1 heterocycles. The summed E-state index contributed by atoms with van der Waals surface area (Å²) in [4.78, 5) is 25.1. The molecule has 1 fully saturated rings. The molecule has 0 spiro atoms. The van der Waals surface area contributed by atoms with Gasteiger partial charge in [0.15, 0.2) is 5.82 Å². The lowest BCUT2D eigenvalue weighted by Gasteiger charge is -2.26. The van der Waals surface area contributed by atoms with Crippen molar-refractivity contribution in [3.05, 3.63) is 35.9 Å². The zero-order valence-electron chi connectivity index (χ0n) is 16.9. The highest BCUT2D eigenvalue weighted by Gasteiger charge is 2.26. The van der Waals surface area contributed by atoms with Crippen molar-refractivity contribution in [3.63, 3.8) is 0 Å². The topological polar surface area (TPSA) is 125 Å². The standard InChI is InChI=1S/C20H28FN7O2/c21-15-6-8-16(9-7-15)22-10-11-23-20(30)17(12-14-4-2-1-3-5-14)24-19(29)13-18-25-27-28-26-18/h6-9,14,17,22H,1-5,10-13H2,(H,23,30)(H,24,29)(H,25,26,27,28)/t17-/m0/s1. The summed E-state index contributed by atoms with van der Waals surface area (Å²) in [6, 6.07) is 5.44. The first kappa shape index (κ1) is 21.7. The van der Waals surface area contributed by atoms with E-state index in [2.05, 4.69) is 36.6 Å².